The van der Waals surface area contributed by atoms with Crippen LogP contribution in [0.15, 0.2) is 42.5 Å². The lowest BCUT2D eigenvalue weighted by molar-refractivity contribution is 0.244. The summed E-state index contributed by atoms with van der Waals surface area (Å²) in [5, 5.41) is 8.83. The molecule has 0 saturated carbocycles. The lowest BCUT2D eigenvalue weighted by Gasteiger charge is -2.04. The number of benzene rings is 2. The van der Waals surface area contributed by atoms with Crippen molar-refractivity contribution in [3.63, 3.8) is 0 Å². The van der Waals surface area contributed by atoms with Crippen molar-refractivity contribution in [2.45, 2.75) is 6.92 Å². The first-order valence-electron chi connectivity index (χ1n) is 5.28. The van der Waals surface area contributed by atoms with Crippen molar-refractivity contribution in [3.05, 3.63) is 42.5 Å². The van der Waals surface area contributed by atoms with Crippen molar-refractivity contribution in [2.24, 2.45) is 0 Å². The summed E-state index contributed by atoms with van der Waals surface area (Å²) < 4.78 is 0. The number of hydrogen-bond acceptors (Lipinski definition) is 1. The monoisotopic (exact) mass is 213 g/mol. The first-order valence-corrected chi connectivity index (χ1v) is 5.28. The van der Waals surface area contributed by atoms with Crippen LogP contribution in [0.2, 0.25) is 0 Å². The quantitative estimate of drug-likeness (QED) is 0.819. The van der Waals surface area contributed by atoms with E-state index in [-0.39, 0.29) is 6.03 Å². The van der Waals surface area contributed by atoms with E-state index in [0.717, 1.165) is 10.8 Å². The van der Waals surface area contributed by atoms with Crippen molar-refractivity contribution in [3.8, 4) is 0 Å². The third-order valence-electron chi connectivity index (χ3n) is 2.29. The number of urea groups is 1. The minimum Gasteiger partial charge on any atom is -0.336 e. The highest BCUT2D eigenvalue weighted by molar-refractivity contribution is 5.87. The van der Waals surface area contributed by atoms with Gasteiger partial charge in [0.25, 0.3) is 0 Å². The van der Waals surface area contributed by atoms with E-state index in [2.05, 4.69) is 10.6 Å². The van der Waals surface area contributed by atoms with Crippen LogP contribution in [0.5, 0.6) is 0 Å². The smallest absolute Gasteiger partial charge is 0.336 e. The van der Waals surface area contributed by atoms with Crippen molar-refractivity contribution in [1.82, 2.24) is 10.6 Å². The summed E-state index contributed by atoms with van der Waals surface area (Å²) in [5.41, 5.74) is 0.685. The Morgan fingerprint density at radius 1 is 1.19 bits per heavy atom. The number of nitrogens with zero attached hydrogens (tertiary/aromatic N) is 1. The molecule has 1 N–H and O–H groups in total. The first-order chi connectivity index (χ1) is 7.79. The number of fused-ring (bicyclic) bond motifs is 1. The molecule has 3 heteroatoms. The Morgan fingerprint density at radius 3 is 2.69 bits per heavy atom. The van der Waals surface area contributed by atoms with Gasteiger partial charge in [0.1, 0.15) is 0 Å². The molecule has 0 unspecified atom stereocenters. The number of carbonyl (C=O) groups excluding carboxylic acids is 1. The SMILES string of the molecule is CCNC(=O)[N]c1ccc2ccccc2c1. The van der Waals surface area contributed by atoms with Gasteiger partial charge in [-0.15, -0.1) is 0 Å². The molecule has 2 amide bonds. The largest absolute Gasteiger partial charge is 0.341 e. The normalized spacial score (nSPS) is 10.1. The number of carbonyl (C=O) groups is 1. The number of hydrogen-bond donors (Lipinski definition) is 1. The zero-order chi connectivity index (χ0) is 11.4. The van der Waals surface area contributed by atoms with Gasteiger partial charge in [0.2, 0.25) is 0 Å². The molecular formula is C13H13N2O. The van der Waals surface area contributed by atoms with Gasteiger partial charge in [0, 0.05) is 6.54 Å². The van der Waals surface area contributed by atoms with Gasteiger partial charge in [-0.05, 0) is 29.8 Å². The van der Waals surface area contributed by atoms with Gasteiger partial charge >= 0.3 is 6.03 Å². The predicted octanol–water partition coefficient (Wildman–Crippen LogP) is 2.81. The summed E-state index contributed by atoms with van der Waals surface area (Å²) >= 11 is 0. The Kier molecular flexibility index (Phi) is 3.05. The van der Waals surface area contributed by atoms with Crippen molar-refractivity contribution >= 4 is 22.5 Å². The van der Waals surface area contributed by atoms with Crippen LogP contribution >= 0.6 is 0 Å². The molecule has 0 aliphatic rings. The third-order valence-corrected chi connectivity index (χ3v) is 2.29. The molecule has 2 aromatic rings. The molecule has 0 saturated heterocycles. The molecule has 0 aromatic heterocycles. The minimum absolute atomic E-state index is 0.294. The van der Waals surface area contributed by atoms with Crippen LogP contribution in [0.3, 0.4) is 0 Å². The molecule has 3 nitrogen and oxygen atoms in total. The van der Waals surface area contributed by atoms with E-state index in [1.807, 2.05) is 49.4 Å². The summed E-state index contributed by atoms with van der Waals surface area (Å²) in [6.07, 6.45) is 0. The lowest BCUT2D eigenvalue weighted by atomic mass is 10.1. The average molecular weight is 213 g/mol. The highest BCUT2D eigenvalue weighted by atomic mass is 16.2. The molecule has 0 spiro atoms. The van der Waals surface area contributed by atoms with Gasteiger partial charge in [-0.2, -0.15) is 5.32 Å². The van der Waals surface area contributed by atoms with Gasteiger partial charge in [-0.1, -0.05) is 30.3 Å². The van der Waals surface area contributed by atoms with Crippen LogP contribution in [0, 0.1) is 0 Å². The summed E-state index contributed by atoms with van der Waals surface area (Å²) in [7, 11) is 0. The van der Waals surface area contributed by atoms with Gasteiger partial charge < -0.3 is 5.32 Å². The topological polar surface area (TPSA) is 43.2 Å². The molecule has 81 valence electrons. The zero-order valence-corrected chi connectivity index (χ0v) is 9.10. The highest BCUT2D eigenvalue weighted by Gasteiger charge is 2.02. The Bertz CT molecular complexity index is 508. The van der Waals surface area contributed by atoms with E-state index < -0.39 is 0 Å². The highest BCUT2D eigenvalue weighted by Crippen LogP contribution is 2.18. The minimum atomic E-state index is -0.294. The molecule has 0 bridgehead atoms. The van der Waals surface area contributed by atoms with E-state index in [1.54, 1.807) is 0 Å². The zero-order valence-electron chi connectivity index (χ0n) is 9.10. The molecule has 0 heterocycles. The van der Waals surface area contributed by atoms with E-state index >= 15 is 0 Å². The number of rotatable bonds is 2. The van der Waals surface area contributed by atoms with Crippen LogP contribution in [0.25, 0.3) is 10.8 Å². The first kappa shape index (κ1) is 10.5. The molecule has 0 aliphatic carbocycles. The second-order valence-corrected chi connectivity index (χ2v) is 3.48. The van der Waals surface area contributed by atoms with Crippen LogP contribution in [0.1, 0.15) is 6.92 Å². The third kappa shape index (κ3) is 2.31. The van der Waals surface area contributed by atoms with E-state index in [4.69, 9.17) is 0 Å². The summed E-state index contributed by atoms with van der Waals surface area (Å²) in [6, 6.07) is 13.4. The van der Waals surface area contributed by atoms with E-state index in [1.165, 1.54) is 0 Å². The fourth-order valence-electron chi connectivity index (χ4n) is 1.55. The van der Waals surface area contributed by atoms with E-state index in [0.29, 0.717) is 12.2 Å². The van der Waals surface area contributed by atoms with Crippen LogP contribution in [-0.4, -0.2) is 12.6 Å². The fraction of sp³-hybridized carbons (Fsp3) is 0.154. The summed E-state index contributed by atoms with van der Waals surface area (Å²) in [6.45, 7) is 2.46. The predicted molar refractivity (Wildman–Crippen MR) is 64.8 cm³/mol. The average Bonchev–Trinajstić information content (AvgIpc) is 2.29. The Labute approximate surface area is 94.5 Å². The van der Waals surface area contributed by atoms with Crippen molar-refractivity contribution in [1.29, 1.82) is 0 Å². The molecular weight excluding hydrogens is 200 g/mol. The van der Waals surface area contributed by atoms with E-state index in [9.17, 15) is 4.79 Å². The molecule has 0 aliphatic heterocycles. The van der Waals surface area contributed by atoms with Gasteiger partial charge in [0.05, 0.1) is 5.69 Å². The maximum Gasteiger partial charge on any atom is 0.341 e. The van der Waals surface area contributed by atoms with Crippen LogP contribution in [-0.2, 0) is 0 Å². The Hall–Kier alpha value is -2.03. The maximum absolute atomic E-state index is 11.3. The number of nitrogens with one attached hydrogen (secondary N) is 1. The standard InChI is InChI=1S/C13H13N2O/c1-2-14-13(16)15-12-8-7-10-5-3-4-6-11(10)9-12/h3-9H,2H2,1H3,(H,14,16). The van der Waals surface area contributed by atoms with Crippen LogP contribution < -0.4 is 10.6 Å². The van der Waals surface area contributed by atoms with Gasteiger partial charge in [-0.3, -0.25) is 0 Å². The molecule has 0 atom stereocenters. The maximum atomic E-state index is 11.3. The second-order valence-electron chi connectivity index (χ2n) is 3.48. The second kappa shape index (κ2) is 4.66. The Balaban J connectivity index is 2.22. The number of amides is 2. The lowest BCUT2D eigenvalue weighted by Crippen LogP contribution is -2.27. The molecule has 2 rings (SSSR count). The van der Waals surface area contributed by atoms with Gasteiger partial charge in [-0.25, -0.2) is 4.79 Å². The molecule has 0 fully saturated rings. The molecule has 16 heavy (non-hydrogen) atoms. The molecule has 2 aromatic carbocycles. The van der Waals surface area contributed by atoms with Gasteiger partial charge in [0.15, 0.2) is 0 Å². The molecule has 1 radical (unpaired) electrons. The van der Waals surface area contributed by atoms with Crippen molar-refractivity contribution < 1.29 is 4.79 Å². The Morgan fingerprint density at radius 2 is 1.94 bits per heavy atom. The summed E-state index contributed by atoms with van der Waals surface area (Å²) in [5.74, 6) is 0. The van der Waals surface area contributed by atoms with Crippen LogP contribution in [0.4, 0.5) is 10.5 Å². The fourth-order valence-corrected chi connectivity index (χ4v) is 1.55. The summed E-state index contributed by atoms with van der Waals surface area (Å²) in [4.78, 5) is 11.3. The van der Waals surface area contributed by atoms with Crippen molar-refractivity contribution in [2.75, 3.05) is 6.54 Å².